The first-order valence-corrected chi connectivity index (χ1v) is 8.80. The zero-order valence-corrected chi connectivity index (χ0v) is 14.9. The fourth-order valence-corrected chi connectivity index (χ4v) is 3.74. The number of aromatic nitrogens is 4. The number of hydrogen-bond donors (Lipinski definition) is 2. The maximum Gasteiger partial charge on any atom is 0.345 e. The number of carbonyl (C=O) groups is 1. The van der Waals surface area contributed by atoms with Gasteiger partial charge in [0, 0.05) is 13.2 Å². The molecule has 9 heteroatoms. The molecule has 0 unspecified atom stereocenters. The number of carbonyl (C=O) groups excluding carboxylic acids is 1. The Kier molecular flexibility index (Phi) is 3.92. The van der Waals surface area contributed by atoms with E-state index >= 15 is 0 Å². The van der Waals surface area contributed by atoms with Crippen molar-refractivity contribution in [2.75, 3.05) is 19.0 Å². The zero-order chi connectivity index (χ0) is 18.3. The average Bonchev–Trinajstić information content (AvgIpc) is 3.23. The summed E-state index contributed by atoms with van der Waals surface area (Å²) in [5.41, 5.74) is 1.31. The molecule has 0 aliphatic carbocycles. The summed E-state index contributed by atoms with van der Waals surface area (Å²) in [6.45, 7) is 1.87. The maximum atomic E-state index is 12.7. The Morgan fingerprint density at radius 1 is 1.38 bits per heavy atom. The van der Waals surface area contributed by atoms with Crippen molar-refractivity contribution in [3.05, 3.63) is 46.4 Å². The van der Waals surface area contributed by atoms with Crippen LogP contribution < -0.4 is 10.9 Å². The number of anilines is 1. The van der Waals surface area contributed by atoms with Gasteiger partial charge >= 0.3 is 5.97 Å². The molecule has 0 amide bonds. The van der Waals surface area contributed by atoms with Crippen molar-refractivity contribution in [3.8, 4) is 10.6 Å². The molecule has 4 aromatic rings. The summed E-state index contributed by atoms with van der Waals surface area (Å²) in [6.07, 6.45) is 1.25. The van der Waals surface area contributed by atoms with Crippen LogP contribution in [0.25, 0.3) is 26.4 Å². The number of ether oxygens (including phenoxy) is 1. The summed E-state index contributed by atoms with van der Waals surface area (Å²) in [7, 11) is 1.73. The van der Waals surface area contributed by atoms with E-state index in [2.05, 4.69) is 20.4 Å². The number of esters is 1. The van der Waals surface area contributed by atoms with Gasteiger partial charge in [-0.1, -0.05) is 12.1 Å². The van der Waals surface area contributed by atoms with Crippen molar-refractivity contribution >= 4 is 39.0 Å². The van der Waals surface area contributed by atoms with Crippen LogP contribution in [0.2, 0.25) is 0 Å². The highest BCUT2D eigenvalue weighted by atomic mass is 32.1. The molecular weight excluding hydrogens is 354 g/mol. The summed E-state index contributed by atoms with van der Waals surface area (Å²) in [6, 6.07) is 7.80. The minimum absolute atomic E-state index is 0.121. The highest BCUT2D eigenvalue weighted by Gasteiger charge is 2.22. The summed E-state index contributed by atoms with van der Waals surface area (Å²) in [4.78, 5) is 33.6. The number of benzene rings is 1. The Hall–Kier alpha value is -3.20. The van der Waals surface area contributed by atoms with Gasteiger partial charge in [-0.3, -0.25) is 9.89 Å². The van der Waals surface area contributed by atoms with E-state index in [1.54, 1.807) is 14.0 Å². The number of rotatable bonds is 4. The first-order chi connectivity index (χ1) is 12.6. The number of hydrogen-bond acceptors (Lipinski definition) is 7. The molecule has 2 N–H and O–H groups in total. The van der Waals surface area contributed by atoms with E-state index in [1.807, 2.05) is 24.3 Å². The van der Waals surface area contributed by atoms with Gasteiger partial charge < -0.3 is 10.1 Å². The monoisotopic (exact) mass is 369 g/mol. The molecule has 0 aliphatic heterocycles. The minimum atomic E-state index is -0.693. The third-order valence-corrected chi connectivity index (χ3v) is 4.97. The number of fused-ring (bicyclic) bond motifs is 2. The van der Waals surface area contributed by atoms with Gasteiger partial charge in [0.1, 0.15) is 16.4 Å². The molecule has 3 heterocycles. The fourth-order valence-electron chi connectivity index (χ4n) is 2.73. The first kappa shape index (κ1) is 16.3. The van der Waals surface area contributed by atoms with Gasteiger partial charge in [-0.25, -0.2) is 14.8 Å². The summed E-state index contributed by atoms with van der Waals surface area (Å²) in [5.74, 6) is -0.101. The molecule has 4 rings (SSSR count). The lowest BCUT2D eigenvalue weighted by molar-refractivity contribution is 0.0523. The summed E-state index contributed by atoms with van der Waals surface area (Å²) < 4.78 is 7.19. The normalized spacial score (nSPS) is 11.2. The predicted molar refractivity (Wildman–Crippen MR) is 99.9 cm³/mol. The first-order valence-electron chi connectivity index (χ1n) is 7.98. The quantitative estimate of drug-likeness (QED) is 0.536. The number of nitrogens with zero attached hydrogens (tertiary/aromatic N) is 3. The lowest BCUT2D eigenvalue weighted by Gasteiger charge is -2.01. The smallest absolute Gasteiger partial charge is 0.345 e. The Morgan fingerprint density at radius 2 is 2.19 bits per heavy atom. The van der Waals surface area contributed by atoms with Gasteiger partial charge in [0.05, 0.1) is 22.4 Å². The number of nitrogens with one attached hydrogen (secondary N) is 2. The maximum absolute atomic E-state index is 12.7. The molecule has 26 heavy (non-hydrogen) atoms. The summed E-state index contributed by atoms with van der Waals surface area (Å²) >= 11 is 1.51. The van der Waals surface area contributed by atoms with E-state index < -0.39 is 11.5 Å². The highest BCUT2D eigenvalue weighted by Crippen LogP contribution is 2.36. The second-order valence-electron chi connectivity index (χ2n) is 5.46. The predicted octanol–water partition coefficient (Wildman–Crippen LogP) is 2.52. The van der Waals surface area contributed by atoms with Crippen molar-refractivity contribution in [1.29, 1.82) is 0 Å². The van der Waals surface area contributed by atoms with Gasteiger partial charge in [0.25, 0.3) is 5.56 Å². The van der Waals surface area contributed by atoms with Crippen LogP contribution in [0.4, 0.5) is 5.82 Å². The van der Waals surface area contributed by atoms with Gasteiger partial charge in [0.15, 0.2) is 5.65 Å². The van der Waals surface area contributed by atoms with E-state index in [1.165, 1.54) is 22.0 Å². The van der Waals surface area contributed by atoms with Gasteiger partial charge in [-0.2, -0.15) is 4.52 Å². The molecule has 8 nitrogen and oxygen atoms in total. The number of para-hydroxylation sites is 1. The molecule has 0 bridgehead atoms. The van der Waals surface area contributed by atoms with Crippen LogP contribution in [-0.2, 0) is 4.74 Å². The lowest BCUT2D eigenvalue weighted by atomic mass is 10.3. The molecule has 0 saturated carbocycles. The largest absolute Gasteiger partial charge is 0.462 e. The van der Waals surface area contributed by atoms with Crippen molar-refractivity contribution in [3.63, 3.8) is 0 Å². The molecule has 0 saturated heterocycles. The van der Waals surface area contributed by atoms with Crippen molar-refractivity contribution in [2.24, 2.45) is 0 Å². The topological polar surface area (TPSA) is 101 Å². The standard InChI is InChI=1S/C17H15N5O3S/c1-3-25-17(24)9-8-19-14-12(13(18-2)21-22(14)16(9)23)15-20-10-6-4-5-7-11(10)26-15/h4-8,18,21H,3H2,1-2H3. The van der Waals surface area contributed by atoms with Crippen molar-refractivity contribution < 1.29 is 9.53 Å². The molecule has 0 spiro atoms. The van der Waals surface area contributed by atoms with E-state index in [9.17, 15) is 9.59 Å². The third-order valence-electron chi connectivity index (χ3n) is 3.91. The van der Waals surface area contributed by atoms with Gasteiger partial charge in [0.2, 0.25) is 0 Å². The Labute approximate surface area is 151 Å². The molecule has 3 aromatic heterocycles. The van der Waals surface area contributed by atoms with Gasteiger partial charge in [-0.05, 0) is 19.1 Å². The van der Waals surface area contributed by atoms with E-state index in [-0.39, 0.29) is 12.2 Å². The average molecular weight is 369 g/mol. The third kappa shape index (κ3) is 2.44. The van der Waals surface area contributed by atoms with Crippen LogP contribution in [-0.4, -0.2) is 39.2 Å². The van der Waals surface area contributed by atoms with Crippen LogP contribution in [0.3, 0.4) is 0 Å². The Bertz CT molecular complexity index is 1160. The van der Waals surface area contributed by atoms with Gasteiger partial charge in [-0.15, -0.1) is 11.3 Å². The fraction of sp³-hybridized carbons (Fsp3) is 0.176. The zero-order valence-electron chi connectivity index (χ0n) is 14.1. The van der Waals surface area contributed by atoms with E-state index in [0.29, 0.717) is 17.0 Å². The van der Waals surface area contributed by atoms with Crippen molar-refractivity contribution in [2.45, 2.75) is 6.92 Å². The molecule has 0 aliphatic rings. The molecule has 0 fully saturated rings. The van der Waals surface area contributed by atoms with Crippen LogP contribution in [0, 0.1) is 0 Å². The second kappa shape index (κ2) is 6.26. The number of H-pyrrole nitrogens is 1. The number of thiazole rings is 1. The van der Waals surface area contributed by atoms with E-state index in [0.717, 1.165) is 15.2 Å². The summed E-state index contributed by atoms with van der Waals surface area (Å²) in [5, 5.41) is 6.70. The van der Waals surface area contributed by atoms with Crippen LogP contribution in [0.1, 0.15) is 17.3 Å². The Morgan fingerprint density at radius 3 is 2.92 bits per heavy atom. The molecule has 0 radical (unpaired) electrons. The van der Waals surface area contributed by atoms with Crippen LogP contribution in [0.5, 0.6) is 0 Å². The van der Waals surface area contributed by atoms with Crippen LogP contribution >= 0.6 is 11.3 Å². The molecular formula is C17H15N5O3S. The molecule has 1 aromatic carbocycles. The van der Waals surface area contributed by atoms with Crippen LogP contribution in [0.15, 0.2) is 35.3 Å². The van der Waals surface area contributed by atoms with E-state index in [4.69, 9.17) is 4.74 Å². The second-order valence-corrected chi connectivity index (χ2v) is 6.49. The molecule has 0 atom stereocenters. The van der Waals surface area contributed by atoms with Crippen molar-refractivity contribution in [1.82, 2.24) is 19.6 Å². The highest BCUT2D eigenvalue weighted by molar-refractivity contribution is 7.21. The minimum Gasteiger partial charge on any atom is -0.462 e. The Balaban J connectivity index is 1.96. The molecule has 132 valence electrons. The SMILES string of the molecule is CCOC(=O)c1cnc2c(-c3nc4ccccc4s3)c(NC)[nH]n2c1=O. The lowest BCUT2D eigenvalue weighted by Crippen LogP contribution is -2.24. The number of aromatic amines is 1.